The zero-order valence-electron chi connectivity index (χ0n) is 7.42. The first-order valence-corrected chi connectivity index (χ1v) is 4.53. The van der Waals surface area contributed by atoms with Crippen molar-refractivity contribution >= 4 is 0 Å². The van der Waals surface area contributed by atoms with Crippen LogP contribution in [0.3, 0.4) is 0 Å². The highest BCUT2D eigenvalue weighted by Crippen LogP contribution is 2.34. The second kappa shape index (κ2) is 3.75. The highest BCUT2D eigenvalue weighted by atomic mass is 14.3. The van der Waals surface area contributed by atoms with Crippen LogP contribution in [0.2, 0.25) is 0 Å². The van der Waals surface area contributed by atoms with Crippen LogP contribution in [0.5, 0.6) is 0 Å². The summed E-state index contributed by atoms with van der Waals surface area (Å²) >= 11 is 0. The minimum absolute atomic E-state index is 0.728. The molecule has 0 bridgehead atoms. The maximum Gasteiger partial charge on any atom is -0.0205 e. The molecule has 0 aromatic rings. The van der Waals surface area contributed by atoms with E-state index >= 15 is 0 Å². The zero-order chi connectivity index (χ0) is 8.27. The summed E-state index contributed by atoms with van der Waals surface area (Å²) in [4.78, 5) is 0. The summed E-state index contributed by atoms with van der Waals surface area (Å²) in [6, 6.07) is 0. The minimum atomic E-state index is 0.728. The van der Waals surface area contributed by atoms with Crippen LogP contribution in [0.25, 0.3) is 0 Å². The van der Waals surface area contributed by atoms with Gasteiger partial charge in [0.2, 0.25) is 0 Å². The molecule has 0 nitrogen and oxygen atoms in total. The van der Waals surface area contributed by atoms with Gasteiger partial charge in [0.25, 0.3) is 0 Å². The molecule has 1 aliphatic carbocycles. The topological polar surface area (TPSA) is 0 Å². The summed E-state index contributed by atoms with van der Waals surface area (Å²) in [6.45, 7) is 10.0. The number of hydrogen-bond donors (Lipinski definition) is 0. The molecule has 0 N–H and O–H groups in total. The third kappa shape index (κ3) is 1.95. The molecule has 3 unspecified atom stereocenters. The maximum atomic E-state index is 3.87. The molecule has 0 aromatic heterocycles. The van der Waals surface area contributed by atoms with Crippen molar-refractivity contribution in [3.63, 3.8) is 0 Å². The van der Waals surface area contributed by atoms with Crippen LogP contribution < -0.4 is 0 Å². The molecule has 62 valence electrons. The van der Waals surface area contributed by atoms with E-state index in [4.69, 9.17) is 0 Å². The van der Waals surface area contributed by atoms with Crippen LogP contribution >= 0.6 is 0 Å². The first kappa shape index (κ1) is 8.58. The Bertz CT molecular complexity index is 146. The van der Waals surface area contributed by atoms with Gasteiger partial charge in [-0.1, -0.05) is 19.1 Å². The van der Waals surface area contributed by atoms with Gasteiger partial charge >= 0.3 is 0 Å². The van der Waals surface area contributed by atoms with Gasteiger partial charge in [0.05, 0.1) is 0 Å². The van der Waals surface area contributed by atoms with Crippen molar-refractivity contribution in [2.24, 2.45) is 17.8 Å². The molecule has 11 heavy (non-hydrogen) atoms. The Morgan fingerprint density at radius 1 is 1.18 bits per heavy atom. The summed E-state index contributed by atoms with van der Waals surface area (Å²) in [5, 5.41) is 0. The van der Waals surface area contributed by atoms with Crippen LogP contribution in [-0.2, 0) is 0 Å². The second-order valence-corrected chi connectivity index (χ2v) is 3.69. The summed E-state index contributed by atoms with van der Waals surface area (Å²) in [7, 11) is 0. The van der Waals surface area contributed by atoms with Crippen LogP contribution in [0.1, 0.15) is 26.2 Å². The Kier molecular flexibility index (Phi) is 2.92. The second-order valence-electron chi connectivity index (χ2n) is 3.69. The molecule has 0 spiro atoms. The molecule has 3 atom stereocenters. The first-order valence-electron chi connectivity index (χ1n) is 4.53. The van der Waals surface area contributed by atoms with Gasteiger partial charge in [0.1, 0.15) is 0 Å². The molecule has 1 fully saturated rings. The Labute approximate surface area is 70.0 Å². The quantitative estimate of drug-likeness (QED) is 0.529. The lowest BCUT2D eigenvalue weighted by atomic mass is 9.75. The van der Waals surface area contributed by atoms with Gasteiger partial charge in [-0.15, -0.1) is 13.2 Å². The predicted octanol–water partition coefficient (Wildman–Crippen LogP) is 3.41. The maximum absolute atomic E-state index is 3.87. The monoisotopic (exact) mass is 150 g/mol. The van der Waals surface area contributed by atoms with Crippen molar-refractivity contribution in [1.29, 1.82) is 0 Å². The molecule has 0 heterocycles. The third-order valence-electron chi connectivity index (χ3n) is 2.93. The third-order valence-corrected chi connectivity index (χ3v) is 2.93. The lowest BCUT2D eigenvalue weighted by molar-refractivity contribution is 0.263. The summed E-state index contributed by atoms with van der Waals surface area (Å²) in [5.74, 6) is 2.31. The highest BCUT2D eigenvalue weighted by molar-refractivity contribution is 4.93. The molecule has 0 aromatic carbocycles. The summed E-state index contributed by atoms with van der Waals surface area (Å²) in [6.07, 6.45) is 8.15. The van der Waals surface area contributed by atoms with Gasteiger partial charge in [0.15, 0.2) is 0 Å². The fourth-order valence-electron chi connectivity index (χ4n) is 1.93. The summed E-state index contributed by atoms with van der Waals surface area (Å²) < 4.78 is 0. The van der Waals surface area contributed by atoms with Crippen molar-refractivity contribution in [1.82, 2.24) is 0 Å². The Morgan fingerprint density at radius 3 is 2.45 bits per heavy atom. The SMILES string of the molecule is C=CC1CCC(C)C(C=C)C1. The smallest absolute Gasteiger partial charge is 0.0205 e. The fourth-order valence-corrected chi connectivity index (χ4v) is 1.93. The largest absolute Gasteiger partial charge is 0.103 e. The first-order chi connectivity index (χ1) is 5.27. The van der Waals surface area contributed by atoms with Crippen LogP contribution in [0.15, 0.2) is 25.3 Å². The van der Waals surface area contributed by atoms with E-state index in [-0.39, 0.29) is 0 Å². The van der Waals surface area contributed by atoms with Crippen molar-refractivity contribution in [3.8, 4) is 0 Å². The Hall–Kier alpha value is -0.520. The molecular formula is C11H18. The van der Waals surface area contributed by atoms with Crippen LogP contribution in [-0.4, -0.2) is 0 Å². The average molecular weight is 150 g/mol. The number of allylic oxidation sites excluding steroid dienone is 2. The normalized spacial score (nSPS) is 38.1. The van der Waals surface area contributed by atoms with Gasteiger partial charge in [0, 0.05) is 0 Å². The van der Waals surface area contributed by atoms with Gasteiger partial charge in [-0.2, -0.15) is 0 Å². The van der Waals surface area contributed by atoms with E-state index in [1.165, 1.54) is 19.3 Å². The molecule has 0 radical (unpaired) electrons. The molecule has 0 heteroatoms. The molecule has 0 aliphatic heterocycles. The Morgan fingerprint density at radius 2 is 1.91 bits per heavy atom. The fraction of sp³-hybridized carbons (Fsp3) is 0.636. The molecule has 1 rings (SSSR count). The van der Waals surface area contributed by atoms with E-state index in [2.05, 4.69) is 32.2 Å². The van der Waals surface area contributed by atoms with Crippen LogP contribution in [0.4, 0.5) is 0 Å². The van der Waals surface area contributed by atoms with Crippen molar-refractivity contribution in [2.45, 2.75) is 26.2 Å². The molecular weight excluding hydrogens is 132 g/mol. The van der Waals surface area contributed by atoms with E-state index in [0.717, 1.165) is 17.8 Å². The van der Waals surface area contributed by atoms with E-state index in [1.807, 2.05) is 0 Å². The molecule has 1 aliphatic rings. The van der Waals surface area contributed by atoms with E-state index in [9.17, 15) is 0 Å². The van der Waals surface area contributed by atoms with Gasteiger partial charge in [-0.3, -0.25) is 0 Å². The van der Waals surface area contributed by atoms with Crippen molar-refractivity contribution in [2.75, 3.05) is 0 Å². The van der Waals surface area contributed by atoms with E-state index < -0.39 is 0 Å². The molecule has 1 saturated carbocycles. The van der Waals surface area contributed by atoms with Crippen molar-refractivity contribution in [3.05, 3.63) is 25.3 Å². The van der Waals surface area contributed by atoms with E-state index in [0.29, 0.717) is 0 Å². The molecule has 0 amide bonds. The predicted molar refractivity (Wildman–Crippen MR) is 50.4 cm³/mol. The van der Waals surface area contributed by atoms with Gasteiger partial charge in [-0.25, -0.2) is 0 Å². The lowest BCUT2D eigenvalue weighted by Crippen LogP contribution is -2.19. The summed E-state index contributed by atoms with van der Waals surface area (Å²) in [5.41, 5.74) is 0. The standard InChI is InChI=1S/C11H18/c1-4-10-7-6-9(3)11(5-2)8-10/h4-5,9-11H,1-2,6-8H2,3H3. The average Bonchev–Trinajstić information content (AvgIpc) is 2.05. The lowest BCUT2D eigenvalue weighted by Gasteiger charge is -2.30. The number of hydrogen-bond acceptors (Lipinski definition) is 0. The van der Waals surface area contributed by atoms with Crippen LogP contribution in [0, 0.1) is 17.8 Å². The van der Waals surface area contributed by atoms with E-state index in [1.54, 1.807) is 0 Å². The van der Waals surface area contributed by atoms with Gasteiger partial charge < -0.3 is 0 Å². The zero-order valence-corrected chi connectivity index (χ0v) is 7.42. The number of rotatable bonds is 2. The van der Waals surface area contributed by atoms with Crippen molar-refractivity contribution < 1.29 is 0 Å². The molecule has 0 saturated heterocycles. The Balaban J connectivity index is 2.50. The minimum Gasteiger partial charge on any atom is -0.103 e. The van der Waals surface area contributed by atoms with Gasteiger partial charge in [-0.05, 0) is 37.0 Å². The highest BCUT2D eigenvalue weighted by Gasteiger charge is 2.23.